The van der Waals surface area contributed by atoms with Crippen molar-refractivity contribution in [2.24, 2.45) is 5.41 Å². The van der Waals surface area contributed by atoms with E-state index in [1.54, 1.807) is 0 Å². The van der Waals surface area contributed by atoms with Gasteiger partial charge in [-0.1, -0.05) is 86.2 Å². The first-order valence-corrected chi connectivity index (χ1v) is 12.4. The molecule has 0 aromatic heterocycles. The maximum atomic E-state index is 13.8. The standard InChI is InChI=1S/C28H35NO6/c1-5-13-22-18-23(20-14-9-7-10-15-20)28(6-2)27(25(30)32-3,26(31)33-4)19-24(35-29(28)34-22)21-16-11-8-12-17-21/h7-12,14-17,22-24H,5-6,13,18-19H2,1-4H3/t22-,23+,24+,28-/m1/s1. The number of nitrogens with zero attached hydrogens (tertiary/aromatic N) is 1. The fraction of sp³-hybridized carbons (Fsp3) is 0.500. The number of esters is 2. The summed E-state index contributed by atoms with van der Waals surface area (Å²) in [7, 11) is 2.63. The van der Waals surface area contributed by atoms with Gasteiger partial charge in [-0.3, -0.25) is 19.3 Å². The maximum absolute atomic E-state index is 13.8. The van der Waals surface area contributed by atoms with Crippen molar-refractivity contribution in [2.45, 2.75) is 69.6 Å². The Labute approximate surface area is 207 Å². The van der Waals surface area contributed by atoms with Crippen LogP contribution < -0.4 is 0 Å². The number of carbonyl (C=O) groups is 2. The number of ether oxygens (including phenoxy) is 2. The van der Waals surface area contributed by atoms with Crippen LogP contribution >= 0.6 is 0 Å². The monoisotopic (exact) mass is 481 g/mol. The summed E-state index contributed by atoms with van der Waals surface area (Å²) in [6, 6.07) is 19.5. The van der Waals surface area contributed by atoms with Gasteiger partial charge in [0.1, 0.15) is 11.6 Å². The van der Waals surface area contributed by atoms with E-state index >= 15 is 0 Å². The Morgan fingerprint density at radius 2 is 1.49 bits per heavy atom. The number of benzene rings is 2. The third-order valence-corrected chi connectivity index (χ3v) is 7.69. The second-order valence-corrected chi connectivity index (χ2v) is 9.35. The van der Waals surface area contributed by atoms with Crippen LogP contribution in [0.5, 0.6) is 0 Å². The number of methoxy groups -OCH3 is 2. The normalized spacial score (nSPS) is 28.1. The van der Waals surface area contributed by atoms with E-state index in [1.165, 1.54) is 19.4 Å². The van der Waals surface area contributed by atoms with E-state index in [9.17, 15) is 9.59 Å². The van der Waals surface area contributed by atoms with E-state index in [-0.39, 0.29) is 18.4 Å². The highest BCUT2D eigenvalue weighted by Crippen LogP contribution is 2.61. The first kappa shape index (κ1) is 25.4. The molecule has 2 heterocycles. The average molecular weight is 482 g/mol. The van der Waals surface area contributed by atoms with Crippen molar-refractivity contribution in [3.05, 3.63) is 71.8 Å². The Hall–Kier alpha value is -2.74. The zero-order valence-electron chi connectivity index (χ0n) is 20.9. The third-order valence-electron chi connectivity index (χ3n) is 7.69. The second-order valence-electron chi connectivity index (χ2n) is 9.35. The summed E-state index contributed by atoms with van der Waals surface area (Å²) in [5, 5.41) is 1.48. The second kappa shape index (κ2) is 10.5. The lowest BCUT2D eigenvalue weighted by Gasteiger charge is -2.61. The van der Waals surface area contributed by atoms with Gasteiger partial charge >= 0.3 is 11.9 Å². The Balaban J connectivity index is 1.97. The topological polar surface area (TPSA) is 74.3 Å². The van der Waals surface area contributed by atoms with Crippen LogP contribution in [0.3, 0.4) is 0 Å². The Bertz CT molecular complexity index is 997. The summed E-state index contributed by atoms with van der Waals surface area (Å²) in [5.74, 6) is -1.52. The Kier molecular flexibility index (Phi) is 7.59. The van der Waals surface area contributed by atoms with Gasteiger partial charge in [-0.15, -0.1) is 0 Å². The van der Waals surface area contributed by atoms with Gasteiger partial charge in [0.25, 0.3) is 0 Å². The van der Waals surface area contributed by atoms with Crippen LogP contribution in [0.1, 0.15) is 69.1 Å². The molecule has 7 nitrogen and oxygen atoms in total. The Morgan fingerprint density at radius 1 is 0.914 bits per heavy atom. The first-order valence-electron chi connectivity index (χ1n) is 12.4. The highest BCUT2D eigenvalue weighted by molar-refractivity contribution is 6.02. The summed E-state index contributed by atoms with van der Waals surface area (Å²) < 4.78 is 10.7. The maximum Gasteiger partial charge on any atom is 0.325 e. The van der Waals surface area contributed by atoms with Crippen molar-refractivity contribution >= 4 is 11.9 Å². The molecule has 0 aliphatic carbocycles. The third kappa shape index (κ3) is 4.05. The molecular formula is C28H35NO6. The van der Waals surface area contributed by atoms with Gasteiger partial charge < -0.3 is 9.47 Å². The molecule has 0 saturated carbocycles. The lowest BCUT2D eigenvalue weighted by molar-refractivity contribution is -0.495. The molecule has 0 unspecified atom stereocenters. The van der Waals surface area contributed by atoms with Crippen molar-refractivity contribution in [3.8, 4) is 0 Å². The van der Waals surface area contributed by atoms with Crippen LogP contribution in [0.4, 0.5) is 0 Å². The minimum absolute atomic E-state index is 0.0752. The van der Waals surface area contributed by atoms with E-state index in [2.05, 4.69) is 6.92 Å². The molecule has 4 atom stereocenters. The minimum atomic E-state index is -1.68. The highest BCUT2D eigenvalue weighted by atomic mass is 17.0. The summed E-state index contributed by atoms with van der Waals surface area (Å²) in [6.45, 7) is 4.07. The summed E-state index contributed by atoms with van der Waals surface area (Å²) in [4.78, 5) is 40.6. The fourth-order valence-corrected chi connectivity index (χ4v) is 6.10. The van der Waals surface area contributed by atoms with Gasteiger partial charge in [0.2, 0.25) is 0 Å². The zero-order valence-corrected chi connectivity index (χ0v) is 20.9. The number of fused-ring (bicyclic) bond motifs is 1. The van der Waals surface area contributed by atoms with Crippen LogP contribution in [0, 0.1) is 5.41 Å². The SMILES string of the molecule is CCC[C@@H]1C[C@@H](c2ccccc2)[C@@]2(CC)N(O1)O[C@H](c1ccccc1)CC2(C(=O)OC)C(=O)OC. The van der Waals surface area contributed by atoms with Crippen LogP contribution in [0.25, 0.3) is 0 Å². The largest absolute Gasteiger partial charge is 0.468 e. The van der Waals surface area contributed by atoms with Gasteiger partial charge in [-0.25, -0.2) is 0 Å². The average Bonchev–Trinajstić information content (AvgIpc) is 2.91. The molecule has 2 aliphatic heterocycles. The molecule has 188 valence electrons. The molecule has 35 heavy (non-hydrogen) atoms. The first-order chi connectivity index (χ1) is 17.0. The van der Waals surface area contributed by atoms with E-state index in [0.29, 0.717) is 12.8 Å². The molecular weight excluding hydrogens is 446 g/mol. The van der Waals surface area contributed by atoms with E-state index in [1.807, 2.05) is 67.6 Å². The molecule has 0 N–H and O–H groups in total. The van der Waals surface area contributed by atoms with Gasteiger partial charge in [0, 0.05) is 12.3 Å². The van der Waals surface area contributed by atoms with Crippen molar-refractivity contribution < 1.29 is 28.7 Å². The molecule has 2 aromatic carbocycles. The molecule has 2 fully saturated rings. The number of hydrogen-bond acceptors (Lipinski definition) is 7. The Morgan fingerprint density at radius 3 is 2.00 bits per heavy atom. The van der Waals surface area contributed by atoms with E-state index in [0.717, 1.165) is 24.0 Å². The molecule has 0 bridgehead atoms. The van der Waals surface area contributed by atoms with Crippen LogP contribution in [-0.2, 0) is 28.7 Å². The highest BCUT2D eigenvalue weighted by Gasteiger charge is 2.74. The molecule has 2 aliphatic rings. The van der Waals surface area contributed by atoms with Crippen molar-refractivity contribution in [1.29, 1.82) is 0 Å². The molecule has 0 radical (unpaired) electrons. The lowest BCUT2D eigenvalue weighted by Crippen LogP contribution is -2.74. The predicted molar refractivity (Wildman–Crippen MR) is 130 cm³/mol. The van der Waals surface area contributed by atoms with Crippen LogP contribution in [0.15, 0.2) is 60.7 Å². The van der Waals surface area contributed by atoms with Crippen LogP contribution in [0.2, 0.25) is 0 Å². The van der Waals surface area contributed by atoms with Gasteiger partial charge in [0.05, 0.1) is 20.3 Å². The van der Waals surface area contributed by atoms with Gasteiger partial charge in [0.15, 0.2) is 5.41 Å². The van der Waals surface area contributed by atoms with E-state index in [4.69, 9.17) is 19.1 Å². The van der Waals surface area contributed by atoms with E-state index < -0.39 is 29.0 Å². The summed E-state index contributed by atoms with van der Waals surface area (Å²) in [6.07, 6.45) is 2.13. The molecule has 0 spiro atoms. The van der Waals surface area contributed by atoms with Gasteiger partial charge in [-0.05, 0) is 30.4 Å². The number of rotatable bonds is 7. The van der Waals surface area contributed by atoms with Gasteiger partial charge in [-0.2, -0.15) is 0 Å². The lowest BCUT2D eigenvalue weighted by atomic mass is 9.55. The molecule has 7 heteroatoms. The van der Waals surface area contributed by atoms with Crippen molar-refractivity contribution in [3.63, 3.8) is 0 Å². The zero-order chi connectivity index (χ0) is 25.1. The van der Waals surface area contributed by atoms with Crippen molar-refractivity contribution in [2.75, 3.05) is 14.2 Å². The predicted octanol–water partition coefficient (Wildman–Crippen LogP) is 5.13. The quantitative estimate of drug-likeness (QED) is 0.401. The fourth-order valence-electron chi connectivity index (χ4n) is 6.10. The smallest absolute Gasteiger partial charge is 0.325 e. The number of hydrogen-bond donors (Lipinski definition) is 0. The molecule has 2 saturated heterocycles. The number of hydroxylamine groups is 2. The molecule has 0 amide bonds. The van der Waals surface area contributed by atoms with Crippen molar-refractivity contribution in [1.82, 2.24) is 5.23 Å². The van der Waals surface area contributed by atoms with Crippen LogP contribution in [-0.4, -0.2) is 43.0 Å². The molecule has 2 aromatic rings. The molecule has 4 rings (SSSR count). The summed E-state index contributed by atoms with van der Waals surface area (Å²) in [5.41, 5.74) is -0.999. The number of carbonyl (C=O) groups excluding carboxylic acids is 2. The summed E-state index contributed by atoms with van der Waals surface area (Å²) >= 11 is 0. The minimum Gasteiger partial charge on any atom is -0.468 e.